The molecule has 2 aromatic heterocycles. The van der Waals surface area contributed by atoms with E-state index >= 15 is 0 Å². The molecule has 33 heavy (non-hydrogen) atoms. The lowest BCUT2D eigenvalue weighted by Crippen LogP contribution is -2.08. The molecule has 0 radical (unpaired) electrons. The number of rotatable bonds is 6. The van der Waals surface area contributed by atoms with Crippen molar-refractivity contribution in [1.29, 1.82) is 0 Å². The molecule has 0 N–H and O–H groups in total. The third kappa shape index (κ3) is 4.91. The minimum Gasteiger partial charge on any atom is -0.294 e. The van der Waals surface area contributed by atoms with Crippen LogP contribution >= 0.6 is 11.6 Å². The maximum atomic E-state index is 13.0. The molecule has 170 valence electrons. The van der Waals surface area contributed by atoms with E-state index in [0.717, 1.165) is 6.07 Å². The van der Waals surface area contributed by atoms with Crippen molar-refractivity contribution in [3.63, 3.8) is 0 Å². The third-order valence-corrected chi connectivity index (χ3v) is 6.92. The predicted molar refractivity (Wildman–Crippen MR) is 114 cm³/mol. The summed E-state index contributed by atoms with van der Waals surface area (Å²) >= 11 is 5.72. The van der Waals surface area contributed by atoms with Crippen molar-refractivity contribution in [3.8, 4) is 0 Å². The average molecular weight is 494 g/mol. The molecule has 0 saturated carbocycles. The number of carbonyl (C=O) groups excluding carboxylic acids is 1. The van der Waals surface area contributed by atoms with Crippen LogP contribution in [0.25, 0.3) is 5.78 Å². The number of imidazole rings is 1. The molecular formula is C22H15ClF3N3O3S. The fourth-order valence-corrected chi connectivity index (χ4v) is 4.85. The molecule has 0 saturated heterocycles. The number of sulfone groups is 1. The van der Waals surface area contributed by atoms with Gasteiger partial charge in [-0.25, -0.2) is 18.4 Å². The Morgan fingerprint density at radius 2 is 1.76 bits per heavy atom. The molecule has 0 atom stereocenters. The van der Waals surface area contributed by atoms with E-state index in [-0.39, 0.29) is 22.1 Å². The number of benzene rings is 2. The molecule has 0 fully saturated rings. The van der Waals surface area contributed by atoms with Gasteiger partial charge in [0.1, 0.15) is 0 Å². The summed E-state index contributed by atoms with van der Waals surface area (Å²) < 4.78 is 66.4. The topological polar surface area (TPSA) is 81.4 Å². The van der Waals surface area contributed by atoms with Gasteiger partial charge in [0.15, 0.2) is 5.78 Å². The zero-order chi connectivity index (χ0) is 23.8. The number of hydrogen-bond acceptors (Lipinski definition) is 5. The second-order valence-corrected chi connectivity index (χ2v) is 9.61. The average Bonchev–Trinajstić information content (AvgIpc) is 3.24. The van der Waals surface area contributed by atoms with Crippen LogP contribution in [0.5, 0.6) is 0 Å². The fourth-order valence-electron chi connectivity index (χ4n) is 3.22. The van der Waals surface area contributed by atoms with E-state index in [4.69, 9.17) is 11.6 Å². The molecule has 0 spiro atoms. The standard InChI is InChI=1S/C22H15ClF3N3O3S/c23-17-9-16(22(24,25)26)10-19(11-17)33(31,32)18-4-1-14(2-5-18)3-6-20(30)15-12-28-21-27-7-8-29(21)13-15/h1-2,4-5,7-13H,3,6H2. The van der Waals surface area contributed by atoms with E-state index in [1.165, 1.54) is 30.5 Å². The lowest BCUT2D eigenvalue weighted by atomic mass is 10.0. The lowest BCUT2D eigenvalue weighted by molar-refractivity contribution is -0.137. The largest absolute Gasteiger partial charge is 0.416 e. The van der Waals surface area contributed by atoms with Gasteiger partial charge < -0.3 is 0 Å². The Hall–Kier alpha value is -3.24. The normalized spacial score (nSPS) is 12.2. The molecule has 0 aliphatic carbocycles. The first kappa shape index (κ1) is 22.9. The molecule has 4 rings (SSSR count). The number of carbonyl (C=O) groups is 1. The molecule has 0 aliphatic rings. The molecule has 0 bridgehead atoms. The minimum absolute atomic E-state index is 0.145. The molecule has 11 heteroatoms. The highest BCUT2D eigenvalue weighted by atomic mass is 35.5. The monoisotopic (exact) mass is 493 g/mol. The van der Waals surface area contributed by atoms with Gasteiger partial charge in [-0.05, 0) is 42.3 Å². The Morgan fingerprint density at radius 3 is 2.45 bits per heavy atom. The van der Waals surface area contributed by atoms with E-state index in [0.29, 0.717) is 35.5 Å². The highest BCUT2D eigenvalue weighted by Gasteiger charge is 2.32. The van der Waals surface area contributed by atoms with Crippen LogP contribution in [-0.2, 0) is 22.4 Å². The summed E-state index contributed by atoms with van der Waals surface area (Å²) in [7, 11) is -4.22. The molecule has 2 aromatic carbocycles. The van der Waals surface area contributed by atoms with Crippen molar-refractivity contribution in [2.24, 2.45) is 0 Å². The summed E-state index contributed by atoms with van der Waals surface area (Å²) in [5.74, 6) is 0.332. The lowest BCUT2D eigenvalue weighted by Gasteiger charge is -2.11. The molecule has 4 aromatic rings. The predicted octanol–water partition coefficient (Wildman–Crippen LogP) is 5.05. The maximum absolute atomic E-state index is 13.0. The number of aromatic nitrogens is 3. The van der Waals surface area contributed by atoms with E-state index in [9.17, 15) is 26.4 Å². The first-order valence-electron chi connectivity index (χ1n) is 9.58. The number of ketones is 1. The summed E-state index contributed by atoms with van der Waals surface area (Å²) in [6.45, 7) is 0. The Morgan fingerprint density at radius 1 is 1.03 bits per heavy atom. The Kier molecular flexibility index (Phi) is 5.98. The van der Waals surface area contributed by atoms with Gasteiger partial charge in [0, 0.05) is 36.2 Å². The van der Waals surface area contributed by atoms with Crippen LogP contribution in [0.2, 0.25) is 5.02 Å². The van der Waals surface area contributed by atoms with Crippen molar-refractivity contribution in [2.75, 3.05) is 0 Å². The quantitative estimate of drug-likeness (QED) is 0.351. The van der Waals surface area contributed by atoms with Crippen LogP contribution < -0.4 is 0 Å². The maximum Gasteiger partial charge on any atom is 0.416 e. The summed E-state index contributed by atoms with van der Waals surface area (Å²) in [5, 5.41) is -0.332. The second kappa shape index (κ2) is 8.60. The number of hydrogen-bond donors (Lipinski definition) is 0. The van der Waals surface area contributed by atoms with Crippen LogP contribution in [0.4, 0.5) is 13.2 Å². The zero-order valence-electron chi connectivity index (χ0n) is 16.8. The van der Waals surface area contributed by atoms with E-state index < -0.39 is 26.5 Å². The van der Waals surface area contributed by atoms with Crippen LogP contribution in [0, 0.1) is 0 Å². The van der Waals surface area contributed by atoms with Gasteiger partial charge in [0.25, 0.3) is 0 Å². The first-order valence-corrected chi connectivity index (χ1v) is 11.4. The van der Waals surface area contributed by atoms with E-state index in [1.54, 1.807) is 23.0 Å². The minimum atomic E-state index is -4.73. The van der Waals surface area contributed by atoms with Gasteiger partial charge in [-0.1, -0.05) is 23.7 Å². The van der Waals surface area contributed by atoms with Crippen LogP contribution in [-0.4, -0.2) is 28.6 Å². The number of halogens is 4. The van der Waals surface area contributed by atoms with Crippen LogP contribution in [0.15, 0.2) is 77.0 Å². The molecular weight excluding hydrogens is 479 g/mol. The second-order valence-electron chi connectivity index (χ2n) is 7.22. The molecule has 2 heterocycles. The number of aryl methyl sites for hydroxylation is 1. The van der Waals surface area contributed by atoms with Gasteiger partial charge in [-0.3, -0.25) is 9.20 Å². The van der Waals surface area contributed by atoms with Gasteiger partial charge in [-0.15, -0.1) is 0 Å². The summed E-state index contributed by atoms with van der Waals surface area (Å²) in [4.78, 5) is 19.8. The van der Waals surface area contributed by atoms with Crippen LogP contribution in [0.3, 0.4) is 0 Å². The van der Waals surface area contributed by atoms with Crippen LogP contribution in [0.1, 0.15) is 27.9 Å². The van der Waals surface area contributed by atoms with E-state index in [2.05, 4.69) is 9.97 Å². The number of alkyl halides is 3. The molecule has 0 unspecified atom stereocenters. The Labute approximate surface area is 191 Å². The van der Waals surface area contributed by atoms with Crippen molar-refractivity contribution in [2.45, 2.75) is 28.8 Å². The highest BCUT2D eigenvalue weighted by Crippen LogP contribution is 2.34. The Balaban J connectivity index is 1.49. The van der Waals surface area contributed by atoms with Gasteiger partial charge in [0.05, 0.1) is 20.9 Å². The van der Waals surface area contributed by atoms with Crippen molar-refractivity contribution in [1.82, 2.24) is 14.4 Å². The summed E-state index contributed by atoms with van der Waals surface area (Å²) in [6.07, 6.45) is 2.10. The van der Waals surface area contributed by atoms with Gasteiger partial charge in [-0.2, -0.15) is 13.2 Å². The summed E-state index contributed by atoms with van der Waals surface area (Å²) in [6, 6.07) is 7.83. The molecule has 6 nitrogen and oxygen atoms in total. The fraction of sp³-hybridized carbons (Fsp3) is 0.136. The molecule has 0 aliphatic heterocycles. The summed E-state index contributed by atoms with van der Waals surface area (Å²) in [5.41, 5.74) is -0.0331. The smallest absolute Gasteiger partial charge is 0.294 e. The van der Waals surface area contributed by atoms with Crippen molar-refractivity contribution >= 4 is 33.0 Å². The highest BCUT2D eigenvalue weighted by molar-refractivity contribution is 7.91. The van der Waals surface area contributed by atoms with Gasteiger partial charge in [0.2, 0.25) is 15.6 Å². The number of Topliss-reactive ketones (excluding diaryl/α,β-unsaturated/α-hetero) is 1. The number of nitrogens with zero attached hydrogens (tertiary/aromatic N) is 3. The number of fused-ring (bicyclic) bond motifs is 1. The SMILES string of the molecule is O=C(CCc1ccc(S(=O)(=O)c2cc(Cl)cc(C(F)(F)F)c2)cc1)c1cnc2nccn2c1. The zero-order valence-corrected chi connectivity index (χ0v) is 18.3. The third-order valence-electron chi connectivity index (χ3n) is 4.95. The Bertz CT molecular complexity index is 1450. The van der Waals surface area contributed by atoms with E-state index in [1.807, 2.05) is 0 Å². The first-order chi connectivity index (χ1) is 15.5. The van der Waals surface area contributed by atoms with Crippen molar-refractivity contribution in [3.05, 3.63) is 89.0 Å². The van der Waals surface area contributed by atoms with Crippen molar-refractivity contribution < 1.29 is 26.4 Å². The molecule has 0 amide bonds. The van der Waals surface area contributed by atoms with Gasteiger partial charge >= 0.3 is 6.18 Å².